The van der Waals surface area contributed by atoms with Crippen LogP contribution in [0, 0.1) is 0 Å². The first-order valence-electron chi connectivity index (χ1n) is 5.70. The van der Waals surface area contributed by atoms with Crippen molar-refractivity contribution in [2.45, 2.75) is 13.3 Å². The van der Waals surface area contributed by atoms with Crippen molar-refractivity contribution in [3.05, 3.63) is 0 Å². The molecule has 0 aliphatic carbocycles. The molecule has 5 heteroatoms. The summed E-state index contributed by atoms with van der Waals surface area (Å²) < 4.78 is 20.3. The molecule has 4 nitrogen and oxygen atoms in total. The van der Waals surface area contributed by atoms with Gasteiger partial charge in [0.1, 0.15) is 13.6 Å². The average molecular weight is 252 g/mol. The van der Waals surface area contributed by atoms with Crippen LogP contribution < -0.4 is 0 Å². The van der Waals surface area contributed by atoms with Crippen molar-refractivity contribution in [3.8, 4) is 0 Å². The molecule has 0 atom stereocenters. The molecule has 0 spiro atoms. The molecular weight excluding hydrogens is 227 g/mol. The molecule has 98 valence electrons. The fraction of sp³-hybridized carbons (Fsp3) is 1.00. The highest BCUT2D eigenvalue weighted by Gasteiger charge is 2.06. The topological polar surface area (TPSA) is 36.9 Å². The molecule has 0 bridgehead atoms. The molecule has 0 aromatic carbocycles. The maximum absolute atomic E-state index is 5.32. The van der Waals surface area contributed by atoms with Gasteiger partial charge in [0.25, 0.3) is 0 Å². The molecule has 0 rings (SSSR count). The highest BCUT2D eigenvalue weighted by molar-refractivity contribution is 7.57. The predicted octanol–water partition coefficient (Wildman–Crippen LogP) is 2.12. The van der Waals surface area contributed by atoms with Crippen LogP contribution in [0.4, 0.5) is 0 Å². The van der Waals surface area contributed by atoms with Gasteiger partial charge in [0.2, 0.25) is 0 Å². The van der Waals surface area contributed by atoms with Gasteiger partial charge in [-0.05, 0) is 18.5 Å². The van der Waals surface area contributed by atoms with E-state index < -0.39 is 0 Å². The van der Waals surface area contributed by atoms with Crippen molar-refractivity contribution in [1.29, 1.82) is 0 Å². The van der Waals surface area contributed by atoms with E-state index in [9.17, 15) is 0 Å². The molecule has 0 aromatic rings. The van der Waals surface area contributed by atoms with Crippen LogP contribution in [-0.2, 0) is 18.9 Å². The Morgan fingerprint density at radius 2 is 1.31 bits per heavy atom. The molecule has 16 heavy (non-hydrogen) atoms. The van der Waals surface area contributed by atoms with Crippen LogP contribution in [0.3, 0.4) is 0 Å². The summed E-state index contributed by atoms with van der Waals surface area (Å²) >= 11 is 0. The number of methoxy groups -OCH3 is 2. The molecule has 0 radical (unpaired) electrons. The molecule has 0 saturated carbocycles. The third kappa shape index (κ3) is 10.8. The van der Waals surface area contributed by atoms with E-state index in [1.54, 1.807) is 14.2 Å². The first kappa shape index (κ1) is 16.3. The zero-order valence-electron chi connectivity index (χ0n) is 10.7. The Balaban J connectivity index is 3.45. The summed E-state index contributed by atoms with van der Waals surface area (Å²) in [5.74, 6) is 0. The van der Waals surface area contributed by atoms with E-state index in [0.29, 0.717) is 13.6 Å². The van der Waals surface area contributed by atoms with Crippen molar-refractivity contribution in [3.63, 3.8) is 0 Å². The van der Waals surface area contributed by atoms with Gasteiger partial charge in [-0.25, -0.2) is 0 Å². The largest absolute Gasteiger partial charge is 0.359 e. The van der Waals surface area contributed by atoms with Gasteiger partial charge in [0.15, 0.2) is 0 Å². The normalized spacial score (nSPS) is 11.2. The summed E-state index contributed by atoms with van der Waals surface area (Å²) in [7, 11) is 3.34. The lowest BCUT2D eigenvalue weighted by molar-refractivity contribution is -0.0254. The Kier molecular flexibility index (Phi) is 13.6. The van der Waals surface area contributed by atoms with Gasteiger partial charge in [-0.2, -0.15) is 0 Å². The van der Waals surface area contributed by atoms with E-state index in [2.05, 4.69) is 6.92 Å². The summed E-state index contributed by atoms with van der Waals surface area (Å²) in [5.41, 5.74) is 0. The van der Waals surface area contributed by atoms with Crippen molar-refractivity contribution in [2.75, 3.05) is 59.5 Å². The maximum Gasteiger partial charge on any atom is 0.146 e. The highest BCUT2D eigenvalue weighted by Crippen LogP contribution is 2.35. The van der Waals surface area contributed by atoms with Gasteiger partial charge in [-0.1, -0.05) is 13.3 Å². The Morgan fingerprint density at radius 3 is 1.69 bits per heavy atom. The lowest BCUT2D eigenvalue weighted by Gasteiger charge is -2.16. The summed E-state index contributed by atoms with van der Waals surface area (Å²) in [4.78, 5) is 0. The standard InChI is InChI=1S/C11H25O4P/c1-4-7-16(8-5-14-10-12-2)9-6-15-11-13-3/h4-11H2,1-3H3. The van der Waals surface area contributed by atoms with Crippen molar-refractivity contribution in [1.82, 2.24) is 0 Å². The molecule has 0 aliphatic heterocycles. The first-order valence-corrected chi connectivity index (χ1v) is 7.60. The number of hydrogen-bond acceptors (Lipinski definition) is 4. The quantitative estimate of drug-likeness (QED) is 0.303. The summed E-state index contributed by atoms with van der Waals surface area (Å²) in [6.45, 7) is 4.61. The molecule has 0 N–H and O–H groups in total. The van der Waals surface area contributed by atoms with E-state index in [-0.39, 0.29) is 7.92 Å². The van der Waals surface area contributed by atoms with E-state index in [1.165, 1.54) is 12.6 Å². The van der Waals surface area contributed by atoms with Crippen LogP contribution in [0.15, 0.2) is 0 Å². The second-order valence-corrected chi connectivity index (χ2v) is 6.15. The number of rotatable bonds is 12. The number of hydrogen-bond donors (Lipinski definition) is 0. The monoisotopic (exact) mass is 252 g/mol. The van der Waals surface area contributed by atoms with Gasteiger partial charge in [0, 0.05) is 14.2 Å². The first-order chi connectivity index (χ1) is 7.85. The van der Waals surface area contributed by atoms with Crippen molar-refractivity contribution < 1.29 is 18.9 Å². The molecule has 0 aromatic heterocycles. The summed E-state index contributed by atoms with van der Waals surface area (Å²) in [6.07, 6.45) is 4.81. The minimum Gasteiger partial charge on any atom is -0.359 e. The molecule has 0 amide bonds. The van der Waals surface area contributed by atoms with Crippen LogP contribution in [0.5, 0.6) is 0 Å². The van der Waals surface area contributed by atoms with Crippen LogP contribution >= 0.6 is 7.92 Å². The number of ether oxygens (including phenoxy) is 4. The minimum absolute atomic E-state index is 0.0449. The third-order valence-electron chi connectivity index (χ3n) is 2.05. The van der Waals surface area contributed by atoms with Crippen LogP contribution in [0.2, 0.25) is 0 Å². The van der Waals surface area contributed by atoms with E-state index in [4.69, 9.17) is 18.9 Å². The molecule has 0 unspecified atom stereocenters. The molecular formula is C11H25O4P. The highest BCUT2D eigenvalue weighted by atomic mass is 31.1. The van der Waals surface area contributed by atoms with Gasteiger partial charge in [0.05, 0.1) is 13.2 Å². The maximum atomic E-state index is 5.32. The summed E-state index contributed by atoms with van der Waals surface area (Å²) in [5, 5.41) is 0. The van der Waals surface area contributed by atoms with Gasteiger partial charge in [-0.3, -0.25) is 0 Å². The SMILES string of the molecule is CCCP(CCOCOC)CCOCOC. The summed E-state index contributed by atoms with van der Waals surface area (Å²) in [6, 6.07) is 0. The minimum atomic E-state index is 0.0449. The van der Waals surface area contributed by atoms with E-state index in [0.717, 1.165) is 25.5 Å². The second kappa shape index (κ2) is 13.3. The van der Waals surface area contributed by atoms with Gasteiger partial charge < -0.3 is 18.9 Å². The lowest BCUT2D eigenvalue weighted by Crippen LogP contribution is -2.08. The van der Waals surface area contributed by atoms with Crippen molar-refractivity contribution >= 4 is 7.92 Å². The lowest BCUT2D eigenvalue weighted by atomic mass is 10.6. The fourth-order valence-corrected chi connectivity index (χ4v) is 3.40. The fourth-order valence-electron chi connectivity index (χ4n) is 1.32. The van der Waals surface area contributed by atoms with Crippen molar-refractivity contribution in [2.24, 2.45) is 0 Å². The Hall–Kier alpha value is 0.270. The molecule has 0 aliphatic rings. The van der Waals surface area contributed by atoms with E-state index >= 15 is 0 Å². The van der Waals surface area contributed by atoms with Gasteiger partial charge >= 0.3 is 0 Å². The van der Waals surface area contributed by atoms with Gasteiger partial charge in [-0.15, -0.1) is 7.92 Å². The molecule has 0 fully saturated rings. The second-order valence-electron chi connectivity index (χ2n) is 3.47. The Morgan fingerprint density at radius 1 is 0.812 bits per heavy atom. The average Bonchev–Trinajstić information content (AvgIpc) is 2.30. The van der Waals surface area contributed by atoms with Crippen LogP contribution in [-0.4, -0.2) is 59.5 Å². The van der Waals surface area contributed by atoms with Crippen LogP contribution in [0.25, 0.3) is 0 Å². The molecule has 0 saturated heterocycles. The third-order valence-corrected chi connectivity index (χ3v) is 4.76. The Bertz CT molecular complexity index is 123. The van der Waals surface area contributed by atoms with Crippen LogP contribution in [0.1, 0.15) is 13.3 Å². The smallest absolute Gasteiger partial charge is 0.146 e. The predicted molar refractivity (Wildman–Crippen MR) is 67.5 cm³/mol. The Labute approximate surface area is 100 Å². The zero-order valence-corrected chi connectivity index (χ0v) is 11.6. The zero-order chi connectivity index (χ0) is 12.1. The molecule has 0 heterocycles. The van der Waals surface area contributed by atoms with E-state index in [1.807, 2.05) is 0 Å².